The van der Waals surface area contributed by atoms with E-state index >= 15 is 0 Å². The monoisotopic (exact) mass is 343 g/mol. The highest BCUT2D eigenvalue weighted by atomic mass is 16.2. The lowest BCUT2D eigenvalue weighted by Crippen LogP contribution is -2.34. The van der Waals surface area contributed by atoms with Crippen LogP contribution in [0.5, 0.6) is 0 Å². The van der Waals surface area contributed by atoms with Crippen molar-refractivity contribution >= 4 is 17.8 Å². The second-order valence-electron chi connectivity index (χ2n) is 7.32. The number of carbonyl (C=O) groups is 2. The Morgan fingerprint density at radius 3 is 2.64 bits per heavy atom. The van der Waals surface area contributed by atoms with E-state index in [-0.39, 0.29) is 29.6 Å². The zero-order valence-corrected chi connectivity index (χ0v) is 14.6. The molecule has 3 heterocycles. The van der Waals surface area contributed by atoms with Crippen LogP contribution in [0.1, 0.15) is 37.3 Å². The molecule has 2 amide bonds. The number of anilines is 1. The maximum Gasteiger partial charge on any atom is 0.225 e. The summed E-state index contributed by atoms with van der Waals surface area (Å²) in [6, 6.07) is 1.89. The Balaban J connectivity index is 1.58. The van der Waals surface area contributed by atoms with Crippen molar-refractivity contribution in [2.75, 3.05) is 38.1 Å². The molecular formula is C18H25N5O2. The van der Waals surface area contributed by atoms with Crippen LogP contribution in [0.25, 0.3) is 0 Å². The number of likely N-dealkylation sites (tertiary alicyclic amines) is 1. The fourth-order valence-electron chi connectivity index (χ4n) is 3.96. The van der Waals surface area contributed by atoms with Crippen LogP contribution < -0.4 is 10.2 Å². The lowest BCUT2D eigenvalue weighted by Gasteiger charge is -2.19. The molecule has 2 atom stereocenters. The van der Waals surface area contributed by atoms with Crippen LogP contribution in [-0.2, 0) is 9.59 Å². The molecule has 3 fully saturated rings. The highest BCUT2D eigenvalue weighted by molar-refractivity contribution is 5.85. The van der Waals surface area contributed by atoms with Crippen LogP contribution >= 0.6 is 0 Å². The maximum atomic E-state index is 12.5. The molecule has 25 heavy (non-hydrogen) atoms. The molecule has 1 aliphatic carbocycles. The highest BCUT2D eigenvalue weighted by Crippen LogP contribution is 2.37. The second kappa shape index (κ2) is 6.61. The zero-order valence-electron chi connectivity index (χ0n) is 14.6. The molecule has 7 nitrogen and oxygen atoms in total. The van der Waals surface area contributed by atoms with E-state index in [4.69, 9.17) is 4.98 Å². The Hall–Kier alpha value is -2.18. The molecule has 1 saturated carbocycles. The minimum atomic E-state index is -0.242. The Bertz CT molecular complexity index is 669. The molecule has 3 aliphatic rings. The summed E-state index contributed by atoms with van der Waals surface area (Å²) in [6.07, 6.45) is 6.08. The van der Waals surface area contributed by atoms with Gasteiger partial charge in [-0.1, -0.05) is 0 Å². The molecule has 7 heteroatoms. The average molecular weight is 343 g/mol. The Morgan fingerprint density at radius 1 is 1.20 bits per heavy atom. The van der Waals surface area contributed by atoms with E-state index in [1.165, 1.54) is 12.8 Å². The van der Waals surface area contributed by atoms with Crippen LogP contribution in [0.15, 0.2) is 12.3 Å². The quantitative estimate of drug-likeness (QED) is 0.874. The normalized spacial score (nSPS) is 26.1. The molecule has 2 aliphatic heterocycles. The molecule has 0 radical (unpaired) electrons. The molecule has 1 aromatic rings. The molecule has 0 unspecified atom stereocenters. The van der Waals surface area contributed by atoms with Gasteiger partial charge in [-0.2, -0.15) is 0 Å². The smallest absolute Gasteiger partial charge is 0.225 e. The predicted molar refractivity (Wildman–Crippen MR) is 93.1 cm³/mol. The first kappa shape index (κ1) is 16.3. The Morgan fingerprint density at radius 2 is 1.96 bits per heavy atom. The summed E-state index contributed by atoms with van der Waals surface area (Å²) in [5, 5.41) is 2.75. The summed E-state index contributed by atoms with van der Waals surface area (Å²) in [5.74, 6) is 0.802. The largest absolute Gasteiger partial charge is 0.359 e. The number of hydrogen-bond donors (Lipinski definition) is 1. The van der Waals surface area contributed by atoms with Gasteiger partial charge < -0.3 is 15.1 Å². The van der Waals surface area contributed by atoms with Crippen molar-refractivity contribution in [2.45, 2.75) is 31.6 Å². The molecule has 0 aromatic carbocycles. The van der Waals surface area contributed by atoms with Gasteiger partial charge in [-0.3, -0.25) is 9.59 Å². The number of carbonyl (C=O) groups excluding carboxylic acids is 2. The summed E-state index contributed by atoms with van der Waals surface area (Å²) >= 11 is 0. The lowest BCUT2D eigenvalue weighted by molar-refractivity contribution is -0.132. The summed E-state index contributed by atoms with van der Waals surface area (Å²) < 4.78 is 0. The molecule has 0 bridgehead atoms. The molecule has 134 valence electrons. The van der Waals surface area contributed by atoms with Crippen molar-refractivity contribution in [1.82, 2.24) is 20.2 Å². The van der Waals surface area contributed by atoms with E-state index in [1.54, 1.807) is 13.2 Å². The van der Waals surface area contributed by atoms with Crippen molar-refractivity contribution in [2.24, 2.45) is 11.8 Å². The topological polar surface area (TPSA) is 78.4 Å². The van der Waals surface area contributed by atoms with Crippen LogP contribution in [0, 0.1) is 11.8 Å². The Labute approximate surface area is 147 Å². The zero-order chi connectivity index (χ0) is 17.4. The highest BCUT2D eigenvalue weighted by Gasteiger charge is 2.44. The average Bonchev–Trinajstić information content (AvgIpc) is 3.17. The fraction of sp³-hybridized carbons (Fsp3) is 0.667. The first-order chi connectivity index (χ1) is 12.2. The van der Waals surface area contributed by atoms with Crippen molar-refractivity contribution in [3.05, 3.63) is 18.0 Å². The van der Waals surface area contributed by atoms with E-state index in [1.807, 2.05) is 11.0 Å². The van der Waals surface area contributed by atoms with Gasteiger partial charge in [0.2, 0.25) is 17.8 Å². The van der Waals surface area contributed by atoms with Crippen LogP contribution in [0.2, 0.25) is 0 Å². The van der Waals surface area contributed by atoms with Gasteiger partial charge in [0.25, 0.3) is 0 Å². The summed E-state index contributed by atoms with van der Waals surface area (Å²) in [7, 11) is 1.65. The number of nitrogens with zero attached hydrogens (tertiary/aromatic N) is 4. The Kier molecular flexibility index (Phi) is 4.31. The summed E-state index contributed by atoms with van der Waals surface area (Å²) in [5.41, 5.74) is 0.872. The van der Waals surface area contributed by atoms with E-state index in [9.17, 15) is 9.59 Å². The third-order valence-corrected chi connectivity index (χ3v) is 5.57. The van der Waals surface area contributed by atoms with Crippen LogP contribution in [0.3, 0.4) is 0 Å². The first-order valence-electron chi connectivity index (χ1n) is 9.25. The first-order valence-corrected chi connectivity index (χ1v) is 9.25. The fourth-order valence-corrected chi connectivity index (χ4v) is 3.96. The standard InChI is InChI=1S/C18H25N5O2/c1-19-16(24)14-11-23(17(25)12-4-5-12)10-13(14)15-6-7-20-18(21-15)22-8-2-3-9-22/h6-7,12-14H,2-5,8-11H2,1H3,(H,19,24)/t13-,14-/m1/s1. The predicted octanol–water partition coefficient (Wildman–Crippen LogP) is 0.775. The van der Waals surface area contributed by atoms with Gasteiger partial charge in [0.15, 0.2) is 0 Å². The number of rotatable bonds is 4. The van der Waals surface area contributed by atoms with Crippen LogP contribution in [0.4, 0.5) is 5.95 Å². The SMILES string of the molecule is CNC(=O)[C@@H]1CN(C(=O)C2CC2)C[C@H]1c1ccnc(N2CCCC2)n1. The summed E-state index contributed by atoms with van der Waals surface area (Å²) in [4.78, 5) is 38.1. The number of hydrogen-bond acceptors (Lipinski definition) is 5. The van der Waals surface area contributed by atoms with Gasteiger partial charge in [0, 0.05) is 51.3 Å². The molecule has 1 N–H and O–H groups in total. The number of nitrogens with one attached hydrogen (secondary N) is 1. The summed E-state index contributed by atoms with van der Waals surface area (Å²) in [6.45, 7) is 3.03. The van der Waals surface area contributed by atoms with E-state index < -0.39 is 0 Å². The lowest BCUT2D eigenvalue weighted by atomic mass is 9.92. The minimum Gasteiger partial charge on any atom is -0.359 e. The molecule has 1 aromatic heterocycles. The minimum absolute atomic E-state index is 0.0163. The van der Waals surface area contributed by atoms with E-state index in [0.29, 0.717) is 13.1 Å². The molecular weight excluding hydrogens is 318 g/mol. The third-order valence-electron chi connectivity index (χ3n) is 5.57. The number of aromatic nitrogens is 2. The van der Waals surface area contributed by atoms with Crippen molar-refractivity contribution < 1.29 is 9.59 Å². The van der Waals surface area contributed by atoms with Crippen molar-refractivity contribution in [3.63, 3.8) is 0 Å². The maximum absolute atomic E-state index is 12.5. The van der Waals surface area contributed by atoms with Crippen LogP contribution in [-0.4, -0.2) is 59.9 Å². The van der Waals surface area contributed by atoms with Crippen molar-refractivity contribution in [3.8, 4) is 0 Å². The van der Waals surface area contributed by atoms with Gasteiger partial charge in [-0.15, -0.1) is 0 Å². The molecule has 0 spiro atoms. The molecule has 4 rings (SSSR count). The van der Waals surface area contributed by atoms with Gasteiger partial charge in [-0.25, -0.2) is 9.97 Å². The number of amides is 2. The van der Waals surface area contributed by atoms with Gasteiger partial charge in [0.1, 0.15) is 0 Å². The van der Waals surface area contributed by atoms with Gasteiger partial charge in [0.05, 0.1) is 11.6 Å². The van der Waals surface area contributed by atoms with E-state index in [2.05, 4.69) is 15.2 Å². The second-order valence-corrected chi connectivity index (χ2v) is 7.32. The van der Waals surface area contributed by atoms with Gasteiger partial charge in [-0.05, 0) is 31.7 Å². The molecule has 2 saturated heterocycles. The van der Waals surface area contributed by atoms with E-state index in [0.717, 1.165) is 37.6 Å². The van der Waals surface area contributed by atoms with Crippen molar-refractivity contribution in [1.29, 1.82) is 0 Å². The van der Waals surface area contributed by atoms with Gasteiger partial charge >= 0.3 is 0 Å². The third kappa shape index (κ3) is 3.19.